The lowest BCUT2D eigenvalue weighted by atomic mass is 9.85. The minimum atomic E-state index is -0.393. The average Bonchev–Trinajstić information content (AvgIpc) is 2.24. The molecule has 0 bridgehead atoms. The number of aliphatic hydroxyl groups is 1. The molecule has 90 valence electrons. The molecule has 0 radical (unpaired) electrons. The van der Waals surface area contributed by atoms with Gasteiger partial charge in [-0.3, -0.25) is 0 Å². The van der Waals surface area contributed by atoms with Crippen molar-refractivity contribution in [1.29, 1.82) is 0 Å². The zero-order valence-electron chi connectivity index (χ0n) is 9.93. The monoisotopic (exact) mass is 231 g/mol. The van der Waals surface area contributed by atoms with E-state index in [4.69, 9.17) is 0 Å². The number of hydrogen-bond acceptors (Lipinski definition) is 3. The zero-order valence-corrected chi connectivity index (χ0v) is 10.7. The molecular formula is C12H25NOS. The molecule has 2 N–H and O–H groups in total. The van der Waals surface area contributed by atoms with Gasteiger partial charge in [0.1, 0.15) is 0 Å². The number of thioether (sulfide) groups is 1. The largest absolute Gasteiger partial charge is 0.389 e. The molecule has 15 heavy (non-hydrogen) atoms. The summed E-state index contributed by atoms with van der Waals surface area (Å²) in [5.41, 5.74) is -0.393. The third-order valence-electron chi connectivity index (χ3n) is 3.08. The van der Waals surface area contributed by atoms with Crippen molar-refractivity contribution in [2.24, 2.45) is 0 Å². The molecule has 0 aromatic carbocycles. The summed E-state index contributed by atoms with van der Waals surface area (Å²) in [5, 5.41) is 13.6. The molecule has 2 nitrogen and oxygen atoms in total. The molecule has 0 spiro atoms. The molecule has 0 heterocycles. The Morgan fingerprint density at radius 2 is 2.00 bits per heavy atom. The molecule has 3 heteroatoms. The lowest BCUT2D eigenvalue weighted by molar-refractivity contribution is 0.00514. The van der Waals surface area contributed by atoms with E-state index in [-0.39, 0.29) is 0 Å². The Morgan fingerprint density at radius 1 is 1.27 bits per heavy atom. The Labute approximate surface area is 98.2 Å². The van der Waals surface area contributed by atoms with Crippen LogP contribution in [0.25, 0.3) is 0 Å². The van der Waals surface area contributed by atoms with E-state index >= 15 is 0 Å². The van der Waals surface area contributed by atoms with Crippen LogP contribution in [-0.2, 0) is 0 Å². The molecule has 1 aliphatic rings. The van der Waals surface area contributed by atoms with Gasteiger partial charge in [-0.05, 0) is 37.3 Å². The average molecular weight is 231 g/mol. The molecule has 1 fully saturated rings. The van der Waals surface area contributed by atoms with Crippen LogP contribution in [-0.4, -0.2) is 35.3 Å². The van der Waals surface area contributed by atoms with Crippen molar-refractivity contribution in [2.75, 3.05) is 24.6 Å². The van der Waals surface area contributed by atoms with Gasteiger partial charge >= 0.3 is 0 Å². The van der Waals surface area contributed by atoms with E-state index in [9.17, 15) is 5.11 Å². The first-order valence-electron chi connectivity index (χ1n) is 6.28. The summed E-state index contributed by atoms with van der Waals surface area (Å²) >= 11 is 1.99. The van der Waals surface area contributed by atoms with Crippen LogP contribution in [0.3, 0.4) is 0 Å². The molecule has 1 saturated carbocycles. The molecule has 0 atom stereocenters. The van der Waals surface area contributed by atoms with E-state index in [1.54, 1.807) is 0 Å². The lowest BCUT2D eigenvalue weighted by Crippen LogP contribution is -2.42. The van der Waals surface area contributed by atoms with E-state index in [0.29, 0.717) is 0 Å². The number of hydrogen-bond donors (Lipinski definition) is 2. The molecular weight excluding hydrogens is 206 g/mol. The molecule has 0 unspecified atom stereocenters. The van der Waals surface area contributed by atoms with Crippen LogP contribution >= 0.6 is 11.8 Å². The molecule has 0 saturated heterocycles. The Hall–Kier alpha value is 0.270. The second kappa shape index (κ2) is 7.53. The van der Waals surface area contributed by atoms with Crippen molar-refractivity contribution in [1.82, 2.24) is 5.32 Å². The van der Waals surface area contributed by atoms with Crippen molar-refractivity contribution >= 4 is 11.8 Å². The summed E-state index contributed by atoms with van der Waals surface area (Å²) in [6.07, 6.45) is 6.89. The highest BCUT2D eigenvalue weighted by Gasteiger charge is 2.28. The second-order valence-corrected chi connectivity index (χ2v) is 5.91. The fourth-order valence-corrected chi connectivity index (χ4v) is 2.79. The molecule has 1 rings (SSSR count). The Kier molecular flexibility index (Phi) is 6.69. The highest BCUT2D eigenvalue weighted by Crippen LogP contribution is 2.27. The van der Waals surface area contributed by atoms with Gasteiger partial charge in [-0.1, -0.05) is 26.2 Å². The van der Waals surface area contributed by atoms with E-state index < -0.39 is 5.60 Å². The van der Waals surface area contributed by atoms with Crippen LogP contribution < -0.4 is 5.32 Å². The fourth-order valence-electron chi connectivity index (χ4n) is 2.15. The van der Waals surface area contributed by atoms with E-state index in [1.165, 1.54) is 37.2 Å². The molecule has 0 amide bonds. The maximum absolute atomic E-state index is 10.2. The fraction of sp³-hybridized carbons (Fsp3) is 1.00. The van der Waals surface area contributed by atoms with Gasteiger partial charge in [0.05, 0.1) is 5.60 Å². The second-order valence-electron chi connectivity index (χ2n) is 4.51. The van der Waals surface area contributed by atoms with E-state index in [1.807, 2.05) is 11.8 Å². The number of rotatable bonds is 7. The summed E-state index contributed by atoms with van der Waals surface area (Å²) in [7, 11) is 0. The summed E-state index contributed by atoms with van der Waals surface area (Å²) in [6.45, 7) is 4.04. The van der Waals surface area contributed by atoms with Gasteiger partial charge in [-0.25, -0.2) is 0 Å². The normalized spacial score (nSPS) is 20.4. The van der Waals surface area contributed by atoms with Gasteiger partial charge in [-0.2, -0.15) is 11.8 Å². The van der Waals surface area contributed by atoms with Gasteiger partial charge in [0.25, 0.3) is 0 Å². The van der Waals surface area contributed by atoms with Gasteiger partial charge in [0, 0.05) is 6.54 Å². The maximum Gasteiger partial charge on any atom is 0.0771 e. The van der Waals surface area contributed by atoms with E-state index in [0.717, 1.165) is 25.9 Å². The van der Waals surface area contributed by atoms with Crippen LogP contribution in [0.1, 0.15) is 45.4 Å². The quantitative estimate of drug-likeness (QED) is 0.660. The van der Waals surface area contributed by atoms with Crippen LogP contribution in [0.2, 0.25) is 0 Å². The minimum Gasteiger partial charge on any atom is -0.389 e. The third kappa shape index (κ3) is 5.79. The van der Waals surface area contributed by atoms with Crippen molar-refractivity contribution in [3.05, 3.63) is 0 Å². The molecule has 1 aliphatic carbocycles. The predicted molar refractivity (Wildman–Crippen MR) is 68.5 cm³/mol. The maximum atomic E-state index is 10.2. The van der Waals surface area contributed by atoms with Crippen molar-refractivity contribution < 1.29 is 5.11 Å². The van der Waals surface area contributed by atoms with Crippen LogP contribution in [0, 0.1) is 0 Å². The molecule has 0 aliphatic heterocycles. The first-order chi connectivity index (χ1) is 7.27. The standard InChI is InChI=1S/C12H25NOS/c1-2-15-10-6-9-13-11-12(14)7-4-3-5-8-12/h13-14H,2-11H2,1H3. The third-order valence-corrected chi connectivity index (χ3v) is 4.07. The van der Waals surface area contributed by atoms with Crippen LogP contribution in [0.15, 0.2) is 0 Å². The van der Waals surface area contributed by atoms with Crippen LogP contribution in [0.4, 0.5) is 0 Å². The highest BCUT2D eigenvalue weighted by atomic mass is 32.2. The van der Waals surface area contributed by atoms with Gasteiger partial charge in [0.2, 0.25) is 0 Å². The first kappa shape index (κ1) is 13.3. The lowest BCUT2D eigenvalue weighted by Gasteiger charge is -2.32. The minimum absolute atomic E-state index is 0.393. The molecule has 0 aromatic rings. The van der Waals surface area contributed by atoms with Crippen molar-refractivity contribution in [3.8, 4) is 0 Å². The van der Waals surface area contributed by atoms with Crippen molar-refractivity contribution in [3.63, 3.8) is 0 Å². The van der Waals surface area contributed by atoms with Gasteiger partial charge < -0.3 is 10.4 Å². The first-order valence-corrected chi connectivity index (χ1v) is 7.43. The Balaban J connectivity index is 1.98. The summed E-state index contributed by atoms with van der Waals surface area (Å²) in [6, 6.07) is 0. The summed E-state index contributed by atoms with van der Waals surface area (Å²) in [5.74, 6) is 2.45. The number of nitrogens with one attached hydrogen (secondary N) is 1. The molecule has 0 aromatic heterocycles. The van der Waals surface area contributed by atoms with Gasteiger partial charge in [-0.15, -0.1) is 0 Å². The highest BCUT2D eigenvalue weighted by molar-refractivity contribution is 7.99. The van der Waals surface area contributed by atoms with E-state index in [2.05, 4.69) is 12.2 Å². The van der Waals surface area contributed by atoms with Gasteiger partial charge in [0.15, 0.2) is 0 Å². The van der Waals surface area contributed by atoms with Crippen LogP contribution in [0.5, 0.6) is 0 Å². The Morgan fingerprint density at radius 3 is 2.67 bits per heavy atom. The SMILES string of the molecule is CCSCCCNCC1(O)CCCCC1. The summed E-state index contributed by atoms with van der Waals surface area (Å²) < 4.78 is 0. The smallest absolute Gasteiger partial charge is 0.0771 e. The van der Waals surface area contributed by atoms with Crippen molar-refractivity contribution in [2.45, 2.75) is 51.0 Å². The Bertz CT molecular complexity index is 158. The zero-order chi connectivity index (χ0) is 11.0. The topological polar surface area (TPSA) is 32.3 Å². The predicted octanol–water partition coefficient (Wildman–Crippen LogP) is 2.41. The summed E-state index contributed by atoms with van der Waals surface area (Å²) in [4.78, 5) is 0.